The van der Waals surface area contributed by atoms with Gasteiger partial charge in [-0.05, 0) is 51.6 Å². The van der Waals surface area contributed by atoms with E-state index in [9.17, 15) is 4.79 Å². The summed E-state index contributed by atoms with van der Waals surface area (Å²) in [7, 11) is 0. The minimum absolute atomic E-state index is 0.206. The smallest absolute Gasteiger partial charge is 0.219 e. The van der Waals surface area contributed by atoms with E-state index in [1.807, 2.05) is 15.8 Å². The van der Waals surface area contributed by atoms with Crippen LogP contribution in [0.2, 0.25) is 0 Å². The monoisotopic (exact) mass is 292 g/mol. The number of hydrogen-bond donors (Lipinski definition) is 1. The number of nitrogens with zero attached hydrogens (tertiary/aromatic N) is 3. The van der Waals surface area contributed by atoms with Crippen molar-refractivity contribution in [1.82, 2.24) is 20.0 Å². The summed E-state index contributed by atoms with van der Waals surface area (Å²) in [6.07, 6.45) is 6.21. The van der Waals surface area contributed by atoms with Crippen LogP contribution in [-0.4, -0.2) is 46.3 Å². The van der Waals surface area contributed by atoms with Crippen LogP contribution in [0.4, 0.5) is 0 Å². The van der Waals surface area contributed by atoms with E-state index < -0.39 is 0 Å². The maximum atomic E-state index is 11.3. The number of carbonyl (C=O) groups is 1. The number of nitrogens with one attached hydrogen (secondary N) is 1. The fraction of sp³-hybridized carbons (Fsp3) is 0.750. The molecule has 0 saturated carbocycles. The topological polar surface area (TPSA) is 50.2 Å². The van der Waals surface area contributed by atoms with Crippen LogP contribution < -0.4 is 5.32 Å². The number of carbonyl (C=O) groups excluding carboxylic acids is 1. The normalized spacial score (nSPS) is 19.5. The summed E-state index contributed by atoms with van der Waals surface area (Å²) in [6, 6.07) is 0.728. The molecule has 2 rings (SSSR count). The first-order valence-electron chi connectivity index (χ1n) is 7.97. The third-order valence-corrected chi connectivity index (χ3v) is 4.66. The van der Waals surface area contributed by atoms with Crippen LogP contribution >= 0.6 is 0 Å². The molecule has 2 heterocycles. The standard InChI is InChI=1S/C16H28N4O/c1-12-9-18-20(11-12)14(3)13(2)17-10-16-5-7-19(8-6-16)15(4)21/h9,11,13-14,16-17H,5-8,10H2,1-4H3/t13-,14-/m0/s1. The van der Waals surface area contributed by atoms with Gasteiger partial charge in [-0.2, -0.15) is 5.10 Å². The van der Waals surface area contributed by atoms with Crippen molar-refractivity contribution in [1.29, 1.82) is 0 Å². The Balaban J connectivity index is 1.74. The molecule has 5 nitrogen and oxygen atoms in total. The Hall–Kier alpha value is -1.36. The molecule has 1 aromatic heterocycles. The molecule has 1 aliphatic rings. The number of rotatable bonds is 5. The number of aryl methyl sites for hydroxylation is 1. The van der Waals surface area contributed by atoms with E-state index in [-0.39, 0.29) is 5.91 Å². The van der Waals surface area contributed by atoms with Crippen molar-refractivity contribution in [2.45, 2.75) is 52.6 Å². The Kier molecular flexibility index (Phi) is 5.39. The van der Waals surface area contributed by atoms with E-state index in [2.05, 4.69) is 37.4 Å². The third kappa shape index (κ3) is 4.30. The van der Waals surface area contributed by atoms with E-state index in [1.165, 1.54) is 5.56 Å². The molecule has 1 aromatic rings. The summed E-state index contributed by atoms with van der Waals surface area (Å²) in [5, 5.41) is 8.03. The van der Waals surface area contributed by atoms with E-state index in [0.29, 0.717) is 18.0 Å². The maximum absolute atomic E-state index is 11.3. The molecule has 1 amide bonds. The van der Waals surface area contributed by atoms with Gasteiger partial charge < -0.3 is 10.2 Å². The molecule has 1 aliphatic heterocycles. The summed E-state index contributed by atoms with van der Waals surface area (Å²) in [5.41, 5.74) is 1.20. The van der Waals surface area contributed by atoms with Crippen molar-refractivity contribution in [3.8, 4) is 0 Å². The Labute approximate surface area is 127 Å². The van der Waals surface area contributed by atoms with Gasteiger partial charge in [-0.1, -0.05) is 0 Å². The van der Waals surface area contributed by atoms with Gasteiger partial charge in [0.05, 0.1) is 12.2 Å². The van der Waals surface area contributed by atoms with E-state index in [4.69, 9.17) is 0 Å². The van der Waals surface area contributed by atoms with Gasteiger partial charge >= 0.3 is 0 Å². The average molecular weight is 292 g/mol. The third-order valence-electron chi connectivity index (χ3n) is 4.66. The largest absolute Gasteiger partial charge is 0.343 e. The lowest BCUT2D eigenvalue weighted by Gasteiger charge is -2.32. The first kappa shape index (κ1) is 16.0. The first-order valence-corrected chi connectivity index (χ1v) is 7.97. The van der Waals surface area contributed by atoms with E-state index in [0.717, 1.165) is 32.5 Å². The maximum Gasteiger partial charge on any atom is 0.219 e. The van der Waals surface area contributed by atoms with Gasteiger partial charge in [0.1, 0.15) is 0 Å². The molecular weight excluding hydrogens is 264 g/mol. The minimum Gasteiger partial charge on any atom is -0.343 e. The van der Waals surface area contributed by atoms with Gasteiger partial charge in [-0.25, -0.2) is 0 Å². The van der Waals surface area contributed by atoms with Gasteiger partial charge in [-0.15, -0.1) is 0 Å². The van der Waals surface area contributed by atoms with Gasteiger partial charge in [0.15, 0.2) is 0 Å². The average Bonchev–Trinajstić information content (AvgIpc) is 2.91. The Morgan fingerprint density at radius 2 is 2.10 bits per heavy atom. The van der Waals surface area contributed by atoms with Crippen molar-refractivity contribution in [2.24, 2.45) is 5.92 Å². The van der Waals surface area contributed by atoms with Gasteiger partial charge in [0.25, 0.3) is 0 Å². The van der Waals surface area contributed by atoms with Crippen molar-refractivity contribution in [3.05, 3.63) is 18.0 Å². The molecule has 1 saturated heterocycles. The van der Waals surface area contributed by atoms with Crippen LogP contribution in [0.1, 0.15) is 45.2 Å². The van der Waals surface area contributed by atoms with E-state index in [1.54, 1.807) is 6.92 Å². The number of piperidine rings is 1. The van der Waals surface area contributed by atoms with Crippen molar-refractivity contribution < 1.29 is 4.79 Å². The summed E-state index contributed by atoms with van der Waals surface area (Å²) in [5.74, 6) is 0.882. The fourth-order valence-corrected chi connectivity index (χ4v) is 2.86. The van der Waals surface area contributed by atoms with Crippen LogP contribution in [0.5, 0.6) is 0 Å². The van der Waals surface area contributed by atoms with Crippen LogP contribution in [0.3, 0.4) is 0 Å². The highest BCUT2D eigenvalue weighted by Gasteiger charge is 2.22. The molecule has 118 valence electrons. The minimum atomic E-state index is 0.206. The highest BCUT2D eigenvalue weighted by Crippen LogP contribution is 2.18. The van der Waals surface area contributed by atoms with Crippen LogP contribution in [0, 0.1) is 12.8 Å². The Morgan fingerprint density at radius 3 is 2.62 bits per heavy atom. The lowest BCUT2D eigenvalue weighted by atomic mass is 9.96. The predicted molar refractivity (Wildman–Crippen MR) is 84.1 cm³/mol. The quantitative estimate of drug-likeness (QED) is 0.903. The van der Waals surface area contributed by atoms with Crippen molar-refractivity contribution >= 4 is 5.91 Å². The number of amides is 1. The Bertz CT molecular complexity index is 463. The molecule has 1 fully saturated rings. The molecule has 0 aromatic carbocycles. The summed E-state index contributed by atoms with van der Waals surface area (Å²) < 4.78 is 2.03. The zero-order valence-electron chi connectivity index (χ0n) is 13.7. The van der Waals surface area contributed by atoms with Gasteiger partial charge in [-0.3, -0.25) is 9.48 Å². The highest BCUT2D eigenvalue weighted by atomic mass is 16.2. The second-order valence-electron chi connectivity index (χ2n) is 6.38. The number of hydrogen-bond acceptors (Lipinski definition) is 3. The van der Waals surface area contributed by atoms with Crippen LogP contribution in [0.25, 0.3) is 0 Å². The summed E-state index contributed by atoms with van der Waals surface area (Å²) in [6.45, 7) is 11.0. The Morgan fingerprint density at radius 1 is 1.43 bits per heavy atom. The molecule has 0 unspecified atom stereocenters. The lowest BCUT2D eigenvalue weighted by Crippen LogP contribution is -2.42. The molecule has 2 atom stereocenters. The predicted octanol–water partition coefficient (Wildman–Crippen LogP) is 1.99. The van der Waals surface area contributed by atoms with Crippen molar-refractivity contribution in [3.63, 3.8) is 0 Å². The van der Waals surface area contributed by atoms with Crippen LogP contribution in [-0.2, 0) is 4.79 Å². The second kappa shape index (κ2) is 7.07. The first-order chi connectivity index (χ1) is 9.97. The zero-order chi connectivity index (χ0) is 15.4. The van der Waals surface area contributed by atoms with Gasteiger partial charge in [0, 0.05) is 32.3 Å². The molecule has 0 radical (unpaired) electrons. The summed E-state index contributed by atoms with van der Waals surface area (Å²) >= 11 is 0. The fourth-order valence-electron chi connectivity index (χ4n) is 2.86. The lowest BCUT2D eigenvalue weighted by molar-refractivity contribution is -0.130. The molecule has 1 N–H and O–H groups in total. The van der Waals surface area contributed by atoms with Gasteiger partial charge in [0.2, 0.25) is 5.91 Å². The van der Waals surface area contributed by atoms with E-state index >= 15 is 0 Å². The summed E-state index contributed by atoms with van der Waals surface area (Å²) in [4.78, 5) is 13.3. The second-order valence-corrected chi connectivity index (χ2v) is 6.38. The van der Waals surface area contributed by atoms with Crippen molar-refractivity contribution in [2.75, 3.05) is 19.6 Å². The molecule has 21 heavy (non-hydrogen) atoms. The molecule has 0 aliphatic carbocycles. The molecule has 0 spiro atoms. The molecule has 0 bridgehead atoms. The number of likely N-dealkylation sites (tertiary alicyclic amines) is 1. The molecule has 5 heteroatoms. The number of aromatic nitrogens is 2. The SMILES string of the molecule is CC(=O)N1CCC(CN[C@@H](C)[C@H](C)n2cc(C)cn2)CC1. The molecular formula is C16H28N4O. The zero-order valence-corrected chi connectivity index (χ0v) is 13.7. The highest BCUT2D eigenvalue weighted by molar-refractivity contribution is 5.73. The van der Waals surface area contributed by atoms with Crippen LogP contribution in [0.15, 0.2) is 12.4 Å².